The molecule has 0 saturated heterocycles. The molecule has 0 amide bonds. The highest BCUT2D eigenvalue weighted by atomic mass is 19.3. The van der Waals surface area contributed by atoms with Crippen LogP contribution in [0.5, 0.6) is 17.2 Å². The second-order valence-corrected chi connectivity index (χ2v) is 4.99. The van der Waals surface area contributed by atoms with Crippen molar-refractivity contribution in [2.45, 2.75) is 6.61 Å². The molecule has 134 valence electrons. The Kier molecular flexibility index (Phi) is 6.28. The van der Waals surface area contributed by atoms with Gasteiger partial charge in [-0.2, -0.15) is 14.0 Å². The van der Waals surface area contributed by atoms with E-state index in [9.17, 15) is 18.8 Å². The first-order chi connectivity index (χ1) is 12.5. The van der Waals surface area contributed by atoms with E-state index in [0.717, 1.165) is 0 Å². The normalized spacial score (nSPS) is 11.0. The van der Waals surface area contributed by atoms with E-state index in [4.69, 9.17) is 9.47 Å². The molecule has 5 nitrogen and oxygen atoms in total. The van der Waals surface area contributed by atoms with Gasteiger partial charge in [0.1, 0.15) is 17.4 Å². The van der Waals surface area contributed by atoms with Crippen LogP contribution in [0, 0.1) is 11.3 Å². The Hall–Kier alpha value is -3.40. The van der Waals surface area contributed by atoms with Gasteiger partial charge >= 0.3 is 6.61 Å². The number of nitrogens with zero attached hydrogens (tertiary/aromatic N) is 1. The summed E-state index contributed by atoms with van der Waals surface area (Å²) in [7, 11) is 2.75. The number of ketones is 1. The average Bonchev–Trinajstić information content (AvgIpc) is 2.66. The SMILES string of the molecule is COc1cccc(C(=O)/C(C#N)=C/c2cccc(OC)c2OC(F)F)c1. The number of carbonyl (C=O) groups excluding carboxylic acids is 1. The molecule has 0 radical (unpaired) electrons. The third kappa shape index (κ3) is 4.36. The topological polar surface area (TPSA) is 68.6 Å². The lowest BCUT2D eigenvalue weighted by Crippen LogP contribution is -2.06. The fourth-order valence-corrected chi connectivity index (χ4v) is 2.25. The van der Waals surface area contributed by atoms with Gasteiger partial charge in [0, 0.05) is 11.1 Å². The number of rotatable bonds is 7. The maximum absolute atomic E-state index is 12.7. The molecule has 2 aromatic carbocycles. The van der Waals surface area contributed by atoms with E-state index >= 15 is 0 Å². The first kappa shape index (κ1) is 18.9. The highest BCUT2D eigenvalue weighted by Gasteiger charge is 2.18. The van der Waals surface area contributed by atoms with Gasteiger partial charge in [0.15, 0.2) is 11.5 Å². The van der Waals surface area contributed by atoms with Crippen LogP contribution in [0.15, 0.2) is 48.0 Å². The zero-order valence-corrected chi connectivity index (χ0v) is 14.0. The second-order valence-electron chi connectivity index (χ2n) is 4.99. The molecule has 0 aromatic heterocycles. The predicted molar refractivity (Wildman–Crippen MR) is 90.5 cm³/mol. The van der Waals surface area contributed by atoms with E-state index in [1.807, 2.05) is 0 Å². The van der Waals surface area contributed by atoms with Crippen molar-refractivity contribution in [2.75, 3.05) is 14.2 Å². The minimum Gasteiger partial charge on any atom is -0.497 e. The quantitative estimate of drug-likeness (QED) is 0.423. The number of carbonyl (C=O) groups is 1. The Morgan fingerprint density at radius 1 is 1.15 bits per heavy atom. The monoisotopic (exact) mass is 359 g/mol. The Labute approximate surface area is 149 Å². The van der Waals surface area contributed by atoms with Crippen molar-refractivity contribution in [1.82, 2.24) is 0 Å². The second kappa shape index (κ2) is 8.62. The van der Waals surface area contributed by atoms with Gasteiger partial charge < -0.3 is 14.2 Å². The molecule has 0 aliphatic heterocycles. The number of methoxy groups -OCH3 is 2. The van der Waals surface area contributed by atoms with E-state index in [2.05, 4.69) is 4.74 Å². The standard InChI is InChI=1S/C19H15F2NO4/c1-24-15-7-3-5-12(10-15)17(23)14(11-22)9-13-6-4-8-16(25-2)18(13)26-19(20)21/h3-10,19H,1-2H3/b14-9+. The van der Waals surface area contributed by atoms with Crippen LogP contribution in [0.1, 0.15) is 15.9 Å². The van der Waals surface area contributed by atoms with Gasteiger partial charge in [-0.25, -0.2) is 0 Å². The number of halogens is 2. The van der Waals surface area contributed by atoms with Gasteiger partial charge in [-0.1, -0.05) is 24.3 Å². The minimum atomic E-state index is -3.09. The number of benzene rings is 2. The molecule has 2 rings (SSSR count). The fraction of sp³-hybridized carbons (Fsp3) is 0.158. The summed E-state index contributed by atoms with van der Waals surface area (Å²) in [5, 5.41) is 9.35. The maximum Gasteiger partial charge on any atom is 0.387 e. The third-order valence-corrected chi connectivity index (χ3v) is 3.43. The molecule has 0 N–H and O–H groups in total. The number of Topliss-reactive ketones (excluding diaryl/α,β-unsaturated/α-hetero) is 1. The Morgan fingerprint density at radius 3 is 2.50 bits per heavy atom. The first-order valence-electron chi connectivity index (χ1n) is 7.42. The summed E-state index contributed by atoms with van der Waals surface area (Å²) < 4.78 is 39.9. The predicted octanol–water partition coefficient (Wildman–Crippen LogP) is 4.10. The van der Waals surface area contributed by atoms with E-state index in [1.54, 1.807) is 18.2 Å². The summed E-state index contributed by atoms with van der Waals surface area (Å²) in [4.78, 5) is 12.6. The summed E-state index contributed by atoms with van der Waals surface area (Å²) in [5.74, 6) is -0.310. The zero-order valence-electron chi connectivity index (χ0n) is 14.0. The van der Waals surface area contributed by atoms with Gasteiger partial charge in [0.05, 0.1) is 14.2 Å². The molecule has 0 bridgehead atoms. The van der Waals surface area contributed by atoms with Crippen LogP contribution in [-0.2, 0) is 0 Å². The van der Waals surface area contributed by atoms with E-state index in [-0.39, 0.29) is 28.2 Å². The molecule has 2 aromatic rings. The number of alkyl halides is 2. The molecule has 0 spiro atoms. The molecule has 7 heteroatoms. The number of allylic oxidation sites excluding steroid dienone is 1. The minimum absolute atomic E-state index is 0.0603. The van der Waals surface area contributed by atoms with Crippen LogP contribution in [0.25, 0.3) is 6.08 Å². The Bertz CT molecular complexity index is 872. The van der Waals surface area contributed by atoms with Crippen molar-refractivity contribution in [1.29, 1.82) is 5.26 Å². The fourth-order valence-electron chi connectivity index (χ4n) is 2.25. The molecule has 0 fully saturated rings. The van der Waals surface area contributed by atoms with Gasteiger partial charge in [-0.3, -0.25) is 4.79 Å². The average molecular weight is 359 g/mol. The summed E-state index contributed by atoms with van der Waals surface area (Å²) in [5.41, 5.74) is 0.111. The summed E-state index contributed by atoms with van der Waals surface area (Å²) in [6, 6.07) is 12.5. The van der Waals surface area contributed by atoms with E-state index in [0.29, 0.717) is 5.75 Å². The van der Waals surface area contributed by atoms with Crippen LogP contribution in [0.3, 0.4) is 0 Å². The lowest BCUT2D eigenvalue weighted by Gasteiger charge is -2.12. The Morgan fingerprint density at radius 2 is 1.88 bits per heavy atom. The molecular weight excluding hydrogens is 344 g/mol. The highest BCUT2D eigenvalue weighted by molar-refractivity contribution is 6.14. The van der Waals surface area contributed by atoms with E-state index in [1.165, 1.54) is 50.6 Å². The van der Waals surface area contributed by atoms with Crippen LogP contribution in [-0.4, -0.2) is 26.6 Å². The molecule has 0 heterocycles. The van der Waals surface area contributed by atoms with Gasteiger partial charge in [-0.05, 0) is 24.3 Å². The number of hydrogen-bond donors (Lipinski definition) is 0. The van der Waals surface area contributed by atoms with Gasteiger partial charge in [-0.15, -0.1) is 0 Å². The van der Waals surface area contributed by atoms with Crippen molar-refractivity contribution >= 4 is 11.9 Å². The largest absolute Gasteiger partial charge is 0.497 e. The smallest absolute Gasteiger partial charge is 0.387 e. The van der Waals surface area contributed by atoms with Crippen LogP contribution >= 0.6 is 0 Å². The molecular formula is C19H15F2NO4. The van der Waals surface area contributed by atoms with Crippen molar-refractivity contribution in [3.05, 3.63) is 59.2 Å². The number of hydrogen-bond acceptors (Lipinski definition) is 5. The van der Waals surface area contributed by atoms with Crippen molar-refractivity contribution in [2.24, 2.45) is 0 Å². The van der Waals surface area contributed by atoms with Crippen molar-refractivity contribution in [3.8, 4) is 23.3 Å². The van der Waals surface area contributed by atoms with Crippen LogP contribution in [0.4, 0.5) is 8.78 Å². The first-order valence-corrected chi connectivity index (χ1v) is 7.42. The lowest BCUT2D eigenvalue weighted by atomic mass is 10.0. The van der Waals surface area contributed by atoms with Gasteiger partial charge in [0.25, 0.3) is 0 Å². The summed E-state index contributed by atoms with van der Waals surface area (Å²) >= 11 is 0. The molecule has 0 aliphatic carbocycles. The number of nitriles is 1. The van der Waals surface area contributed by atoms with E-state index < -0.39 is 12.4 Å². The molecule has 0 saturated carbocycles. The zero-order chi connectivity index (χ0) is 19.1. The van der Waals surface area contributed by atoms with Crippen LogP contribution in [0.2, 0.25) is 0 Å². The van der Waals surface area contributed by atoms with Crippen molar-refractivity contribution < 1.29 is 27.8 Å². The summed E-state index contributed by atoms with van der Waals surface area (Å²) in [6.07, 6.45) is 1.18. The number of ether oxygens (including phenoxy) is 3. The van der Waals surface area contributed by atoms with Crippen LogP contribution < -0.4 is 14.2 Å². The summed E-state index contributed by atoms with van der Waals surface area (Å²) in [6.45, 7) is -3.09. The highest BCUT2D eigenvalue weighted by Crippen LogP contribution is 2.34. The third-order valence-electron chi connectivity index (χ3n) is 3.43. The van der Waals surface area contributed by atoms with Gasteiger partial charge in [0.2, 0.25) is 5.78 Å². The molecule has 26 heavy (non-hydrogen) atoms. The Balaban J connectivity index is 2.48. The lowest BCUT2D eigenvalue weighted by molar-refractivity contribution is -0.0513. The molecule has 0 unspecified atom stereocenters. The molecule has 0 aliphatic rings. The maximum atomic E-state index is 12.7. The van der Waals surface area contributed by atoms with Crippen molar-refractivity contribution in [3.63, 3.8) is 0 Å². The number of para-hydroxylation sites is 1. The molecule has 0 atom stereocenters.